The zero-order valence-corrected chi connectivity index (χ0v) is 26.3. The van der Waals surface area contributed by atoms with Gasteiger partial charge in [0.2, 0.25) is 0 Å². The van der Waals surface area contributed by atoms with Crippen LogP contribution >= 0.6 is 0 Å². The molecule has 5 nitrogen and oxygen atoms in total. The first kappa shape index (κ1) is 26.0. The van der Waals surface area contributed by atoms with E-state index in [9.17, 15) is 10.5 Å². The zero-order valence-electron chi connectivity index (χ0n) is 26.3. The molecule has 0 bridgehead atoms. The summed E-state index contributed by atoms with van der Waals surface area (Å²) in [5.74, 6) is 0. The third-order valence-electron chi connectivity index (χ3n) is 10.8. The Morgan fingerprint density at radius 1 is 0.511 bits per heavy atom. The van der Waals surface area contributed by atoms with Crippen LogP contribution in [0.1, 0.15) is 33.4 Å². The Kier molecular flexibility index (Phi) is 4.80. The summed E-state index contributed by atoms with van der Waals surface area (Å²) in [6, 6.07) is 34.6. The van der Waals surface area contributed by atoms with Crippen LogP contribution in [-0.4, -0.2) is 8.97 Å². The average molecular weight is 603 g/mol. The van der Waals surface area contributed by atoms with Gasteiger partial charge in [-0.15, -0.1) is 0 Å². The molecule has 0 radical (unpaired) electrons. The van der Waals surface area contributed by atoms with Gasteiger partial charge in [0.15, 0.2) is 0 Å². The SMILES string of the molecule is Cc1c(C#N)cc2c(c1C)c1cc3c(c4ccccc4n3-c3cccc4oc5ccccc5c34)c3c4c(C)c(C)c(C#N)cc4n2c13. The molecule has 10 aromatic rings. The molecule has 47 heavy (non-hydrogen) atoms. The molecule has 0 saturated heterocycles. The Hall–Kier alpha value is -6.30. The lowest BCUT2D eigenvalue weighted by molar-refractivity contribution is 0.669. The fraction of sp³-hybridized carbons (Fsp3) is 0.0952. The molecule has 0 atom stereocenters. The molecule has 0 unspecified atom stereocenters. The molecule has 4 heterocycles. The number of fused-ring (bicyclic) bond motifs is 13. The number of benzene rings is 6. The fourth-order valence-electron chi connectivity index (χ4n) is 8.39. The molecule has 6 aromatic carbocycles. The van der Waals surface area contributed by atoms with E-state index >= 15 is 0 Å². The van der Waals surface area contributed by atoms with E-state index in [1.165, 1.54) is 16.2 Å². The molecule has 220 valence electrons. The first-order chi connectivity index (χ1) is 22.9. The standard InChI is InChI=1S/C42H26N4O/c1-21-23(3)37-29-18-34-40(41-38-24(4)22(2)26(20-44)17-33(38)46(42(29)41)32(37)16-25(21)19-43)27-10-5-7-12-30(27)45(34)31-13-9-15-36-39(31)28-11-6-8-14-35(28)47-36/h5-18H,1-4H3. The van der Waals surface area contributed by atoms with Crippen LogP contribution in [0.25, 0.3) is 87.5 Å². The maximum absolute atomic E-state index is 10.2. The van der Waals surface area contributed by atoms with Crippen molar-refractivity contribution < 1.29 is 4.42 Å². The van der Waals surface area contributed by atoms with Gasteiger partial charge < -0.3 is 13.4 Å². The van der Waals surface area contributed by atoms with Crippen LogP contribution in [0.4, 0.5) is 0 Å². The van der Waals surface area contributed by atoms with Crippen molar-refractivity contribution >= 4 is 81.8 Å². The zero-order chi connectivity index (χ0) is 31.9. The number of furan rings is 1. The van der Waals surface area contributed by atoms with Gasteiger partial charge in [-0.3, -0.25) is 0 Å². The Bertz CT molecular complexity index is 3130. The second-order valence-electron chi connectivity index (χ2n) is 12.8. The van der Waals surface area contributed by atoms with Crippen molar-refractivity contribution in [2.24, 2.45) is 0 Å². The minimum absolute atomic E-state index is 0.672. The Morgan fingerprint density at radius 2 is 1.15 bits per heavy atom. The van der Waals surface area contributed by atoms with Crippen molar-refractivity contribution in [1.29, 1.82) is 10.5 Å². The molecular formula is C42H26N4O. The van der Waals surface area contributed by atoms with E-state index < -0.39 is 0 Å². The number of hydrogen-bond acceptors (Lipinski definition) is 3. The maximum atomic E-state index is 10.2. The van der Waals surface area contributed by atoms with E-state index in [0.29, 0.717) is 11.1 Å². The normalized spacial score (nSPS) is 12.2. The van der Waals surface area contributed by atoms with Crippen LogP contribution in [-0.2, 0) is 0 Å². The smallest absolute Gasteiger partial charge is 0.137 e. The summed E-state index contributed by atoms with van der Waals surface area (Å²) in [4.78, 5) is 0. The molecule has 0 fully saturated rings. The van der Waals surface area contributed by atoms with Gasteiger partial charge in [0.05, 0.1) is 61.9 Å². The molecule has 0 N–H and O–H groups in total. The monoisotopic (exact) mass is 602 g/mol. The highest BCUT2D eigenvalue weighted by Crippen LogP contribution is 2.49. The van der Waals surface area contributed by atoms with Gasteiger partial charge in [0.1, 0.15) is 11.2 Å². The topological polar surface area (TPSA) is 70.1 Å². The van der Waals surface area contributed by atoms with E-state index in [4.69, 9.17) is 4.42 Å². The average Bonchev–Trinajstić information content (AvgIpc) is 3.82. The van der Waals surface area contributed by atoms with Crippen molar-refractivity contribution in [2.75, 3.05) is 0 Å². The summed E-state index contributed by atoms with van der Waals surface area (Å²) in [6.45, 7) is 8.36. The molecule has 0 amide bonds. The van der Waals surface area contributed by atoms with E-state index in [1.807, 2.05) is 44.2 Å². The van der Waals surface area contributed by atoms with Crippen LogP contribution in [0.15, 0.2) is 89.3 Å². The molecule has 0 aliphatic heterocycles. The summed E-state index contributed by atoms with van der Waals surface area (Å²) < 4.78 is 11.1. The summed E-state index contributed by atoms with van der Waals surface area (Å²) in [7, 11) is 0. The lowest BCUT2D eigenvalue weighted by Crippen LogP contribution is -1.95. The summed E-state index contributed by atoms with van der Waals surface area (Å²) in [5.41, 5.74) is 13.7. The second kappa shape index (κ2) is 8.69. The Balaban J connectivity index is 1.55. The van der Waals surface area contributed by atoms with Crippen LogP contribution in [0.2, 0.25) is 0 Å². The van der Waals surface area contributed by atoms with Crippen molar-refractivity contribution in [3.05, 3.63) is 118 Å². The van der Waals surface area contributed by atoms with Crippen molar-refractivity contribution in [2.45, 2.75) is 27.7 Å². The van der Waals surface area contributed by atoms with Gasteiger partial charge in [0, 0.05) is 37.7 Å². The van der Waals surface area contributed by atoms with E-state index in [0.717, 1.165) is 93.6 Å². The molecule has 0 aliphatic rings. The van der Waals surface area contributed by atoms with Crippen LogP contribution in [0.3, 0.4) is 0 Å². The third kappa shape index (κ3) is 2.98. The third-order valence-corrected chi connectivity index (χ3v) is 10.8. The van der Waals surface area contributed by atoms with Crippen molar-refractivity contribution in [3.8, 4) is 17.8 Å². The van der Waals surface area contributed by atoms with Crippen molar-refractivity contribution in [3.63, 3.8) is 0 Å². The predicted octanol–water partition coefficient (Wildman–Crippen LogP) is 10.8. The lowest BCUT2D eigenvalue weighted by Gasteiger charge is -2.11. The first-order valence-corrected chi connectivity index (χ1v) is 15.8. The van der Waals surface area contributed by atoms with E-state index in [2.05, 4.69) is 89.6 Å². The summed E-state index contributed by atoms with van der Waals surface area (Å²) in [5, 5.41) is 29.5. The minimum atomic E-state index is 0.672. The van der Waals surface area contributed by atoms with Gasteiger partial charge in [-0.05, 0) is 92.4 Å². The van der Waals surface area contributed by atoms with Crippen LogP contribution in [0, 0.1) is 50.4 Å². The largest absolute Gasteiger partial charge is 0.456 e. The molecule has 0 aliphatic carbocycles. The fourth-order valence-corrected chi connectivity index (χ4v) is 8.39. The minimum Gasteiger partial charge on any atom is -0.456 e. The molecule has 4 aromatic heterocycles. The lowest BCUT2D eigenvalue weighted by atomic mass is 9.93. The Morgan fingerprint density at radius 3 is 1.89 bits per heavy atom. The number of aryl methyl sites for hydroxylation is 2. The molecule has 0 saturated carbocycles. The number of nitriles is 2. The van der Waals surface area contributed by atoms with Crippen LogP contribution < -0.4 is 0 Å². The van der Waals surface area contributed by atoms with Crippen molar-refractivity contribution in [1.82, 2.24) is 8.97 Å². The maximum Gasteiger partial charge on any atom is 0.137 e. The first-order valence-electron chi connectivity index (χ1n) is 15.8. The Labute approximate surface area is 269 Å². The summed E-state index contributed by atoms with van der Waals surface area (Å²) in [6.07, 6.45) is 0. The molecular weight excluding hydrogens is 576 g/mol. The highest BCUT2D eigenvalue weighted by atomic mass is 16.3. The van der Waals surface area contributed by atoms with Gasteiger partial charge in [0.25, 0.3) is 0 Å². The highest BCUT2D eigenvalue weighted by molar-refractivity contribution is 6.36. The van der Waals surface area contributed by atoms with E-state index in [1.54, 1.807) is 0 Å². The highest BCUT2D eigenvalue weighted by Gasteiger charge is 2.28. The predicted molar refractivity (Wildman–Crippen MR) is 191 cm³/mol. The van der Waals surface area contributed by atoms with E-state index in [-0.39, 0.29) is 0 Å². The van der Waals surface area contributed by atoms with Gasteiger partial charge in [-0.1, -0.05) is 42.5 Å². The van der Waals surface area contributed by atoms with Gasteiger partial charge in [-0.2, -0.15) is 10.5 Å². The van der Waals surface area contributed by atoms with Crippen LogP contribution in [0.5, 0.6) is 0 Å². The van der Waals surface area contributed by atoms with Gasteiger partial charge in [-0.25, -0.2) is 0 Å². The molecule has 0 spiro atoms. The number of hydrogen-bond donors (Lipinski definition) is 0. The number of aromatic nitrogens is 2. The summed E-state index contributed by atoms with van der Waals surface area (Å²) >= 11 is 0. The number of rotatable bonds is 1. The second-order valence-corrected chi connectivity index (χ2v) is 12.8. The number of para-hydroxylation sites is 2. The molecule has 10 rings (SSSR count). The van der Waals surface area contributed by atoms with Gasteiger partial charge >= 0.3 is 0 Å². The quantitative estimate of drug-likeness (QED) is 0.188. The molecule has 5 heteroatoms. The number of nitrogens with zero attached hydrogens (tertiary/aromatic N) is 4.